The molecule has 2 unspecified atom stereocenters. The van der Waals surface area contributed by atoms with Crippen LogP contribution in [0.25, 0.3) is 49.4 Å². The Kier molecular flexibility index (Phi) is 10.9. The second-order valence-corrected chi connectivity index (χ2v) is 18.0. The molecule has 0 aliphatic heterocycles. The molecular formula is C66H50N2. The number of benzene rings is 9. The van der Waals surface area contributed by atoms with Gasteiger partial charge in [-0.1, -0.05) is 206 Å². The van der Waals surface area contributed by atoms with E-state index in [1.165, 1.54) is 77.5 Å². The van der Waals surface area contributed by atoms with Gasteiger partial charge in [-0.2, -0.15) is 0 Å². The largest absolute Gasteiger partial charge is 0.314 e. The van der Waals surface area contributed by atoms with Gasteiger partial charge < -0.3 is 9.80 Å². The third kappa shape index (κ3) is 7.91. The number of nitrogens with zero attached hydrogens (tertiary/aromatic N) is 2. The molecule has 0 radical (unpaired) electrons. The first-order valence-corrected chi connectivity index (χ1v) is 23.9. The molecule has 0 amide bonds. The van der Waals surface area contributed by atoms with Gasteiger partial charge in [0.05, 0.1) is 5.69 Å². The first-order valence-electron chi connectivity index (χ1n) is 23.9. The Labute approximate surface area is 399 Å². The average Bonchev–Trinajstić information content (AvgIpc) is 3.42. The zero-order chi connectivity index (χ0) is 45.2. The van der Waals surface area contributed by atoms with Crippen molar-refractivity contribution in [2.75, 3.05) is 9.80 Å². The van der Waals surface area contributed by atoms with Gasteiger partial charge >= 0.3 is 0 Å². The van der Waals surface area contributed by atoms with E-state index in [9.17, 15) is 0 Å². The molecule has 0 saturated carbocycles. The van der Waals surface area contributed by atoms with Gasteiger partial charge in [-0.15, -0.1) is 0 Å². The number of fused-ring (bicyclic) bond motifs is 3. The molecule has 0 N–H and O–H groups in total. The van der Waals surface area contributed by atoms with Crippen molar-refractivity contribution in [3.05, 3.63) is 289 Å². The molecule has 0 heterocycles. The summed E-state index contributed by atoms with van der Waals surface area (Å²) < 4.78 is 0. The summed E-state index contributed by atoms with van der Waals surface area (Å²) in [5.74, 6) is 0.670. The van der Waals surface area contributed by atoms with Gasteiger partial charge in [0, 0.05) is 45.7 Å². The summed E-state index contributed by atoms with van der Waals surface area (Å²) in [6.07, 6.45) is 22.3. The van der Waals surface area contributed by atoms with E-state index in [1.807, 2.05) is 0 Å². The summed E-state index contributed by atoms with van der Waals surface area (Å²) in [5, 5.41) is 4.97. The van der Waals surface area contributed by atoms with E-state index in [4.69, 9.17) is 0 Å². The van der Waals surface area contributed by atoms with E-state index < -0.39 is 0 Å². The third-order valence-electron chi connectivity index (χ3n) is 14.0. The van der Waals surface area contributed by atoms with Crippen LogP contribution in [-0.4, -0.2) is 0 Å². The zero-order valence-corrected chi connectivity index (χ0v) is 37.9. The topological polar surface area (TPSA) is 6.48 Å². The van der Waals surface area contributed by atoms with Crippen molar-refractivity contribution < 1.29 is 0 Å². The van der Waals surface area contributed by atoms with Crippen molar-refractivity contribution in [3.8, 4) is 22.3 Å². The first kappa shape index (κ1) is 41.0. The highest BCUT2D eigenvalue weighted by Crippen LogP contribution is 2.43. The van der Waals surface area contributed by atoms with Crippen molar-refractivity contribution >= 4 is 55.6 Å². The Morgan fingerprint density at radius 2 is 0.912 bits per heavy atom. The maximum Gasteiger partial charge on any atom is 0.0540 e. The molecule has 12 rings (SSSR count). The Morgan fingerprint density at radius 1 is 0.353 bits per heavy atom. The summed E-state index contributed by atoms with van der Waals surface area (Å²) in [7, 11) is 0. The van der Waals surface area contributed by atoms with Crippen LogP contribution in [0.1, 0.15) is 29.9 Å². The van der Waals surface area contributed by atoms with Crippen LogP contribution in [0.2, 0.25) is 0 Å². The highest BCUT2D eigenvalue weighted by molar-refractivity contribution is 5.99. The van der Waals surface area contributed by atoms with Crippen molar-refractivity contribution in [2.24, 2.45) is 5.92 Å². The molecule has 68 heavy (non-hydrogen) atoms. The van der Waals surface area contributed by atoms with Crippen LogP contribution >= 0.6 is 0 Å². The fraction of sp³-hybridized carbons (Fsp3) is 0.0606. The molecule has 0 aromatic heterocycles. The Bertz CT molecular complexity index is 3470. The van der Waals surface area contributed by atoms with Crippen molar-refractivity contribution in [1.82, 2.24) is 0 Å². The molecule has 9 aromatic carbocycles. The van der Waals surface area contributed by atoms with Crippen LogP contribution in [0, 0.1) is 5.92 Å². The quantitative estimate of drug-likeness (QED) is 0.135. The number of anilines is 5. The van der Waals surface area contributed by atoms with E-state index in [-0.39, 0.29) is 0 Å². The fourth-order valence-corrected chi connectivity index (χ4v) is 10.5. The number of rotatable bonds is 10. The molecule has 0 fully saturated rings. The van der Waals surface area contributed by atoms with Crippen LogP contribution in [0.5, 0.6) is 0 Å². The lowest BCUT2D eigenvalue weighted by molar-refractivity contribution is 0.670. The van der Waals surface area contributed by atoms with Crippen LogP contribution in [-0.2, 0) is 0 Å². The van der Waals surface area contributed by atoms with Crippen LogP contribution < -0.4 is 9.80 Å². The zero-order valence-electron chi connectivity index (χ0n) is 37.9. The van der Waals surface area contributed by atoms with Gasteiger partial charge in [0.1, 0.15) is 0 Å². The minimum atomic E-state index is 0.309. The van der Waals surface area contributed by atoms with Crippen molar-refractivity contribution in [2.45, 2.75) is 18.8 Å². The molecule has 324 valence electrons. The SMILES string of the molecule is C1=CC2=CC=CC(c3ccc(N(C4=CC=C(c5ccc(N(c6ccc(-c7ccccc7)cc6)c6cccc7ccccc67)cc5)CC4)c4ccc(-c5cccc6ccccc56)cc4)cc3)C2C=C1. The van der Waals surface area contributed by atoms with E-state index in [0.29, 0.717) is 11.8 Å². The van der Waals surface area contributed by atoms with E-state index >= 15 is 0 Å². The number of hydrogen-bond donors (Lipinski definition) is 0. The molecule has 0 saturated heterocycles. The monoisotopic (exact) mass is 870 g/mol. The van der Waals surface area contributed by atoms with Gasteiger partial charge in [0.25, 0.3) is 0 Å². The summed E-state index contributed by atoms with van der Waals surface area (Å²) in [4.78, 5) is 4.86. The molecule has 2 atom stereocenters. The summed E-state index contributed by atoms with van der Waals surface area (Å²) >= 11 is 0. The fourth-order valence-electron chi connectivity index (χ4n) is 10.5. The van der Waals surface area contributed by atoms with Gasteiger partial charge in [-0.05, 0) is 134 Å². The molecule has 3 aliphatic rings. The lowest BCUT2D eigenvalue weighted by Crippen LogP contribution is -2.18. The maximum atomic E-state index is 2.46. The van der Waals surface area contributed by atoms with Crippen LogP contribution in [0.3, 0.4) is 0 Å². The molecule has 9 aromatic rings. The number of hydrogen-bond acceptors (Lipinski definition) is 2. The van der Waals surface area contributed by atoms with Crippen molar-refractivity contribution in [3.63, 3.8) is 0 Å². The predicted octanol–water partition coefficient (Wildman–Crippen LogP) is 18.0. The van der Waals surface area contributed by atoms with Gasteiger partial charge in [0.2, 0.25) is 0 Å². The Morgan fingerprint density at radius 3 is 1.62 bits per heavy atom. The van der Waals surface area contributed by atoms with Gasteiger partial charge in [0.15, 0.2) is 0 Å². The lowest BCUT2D eigenvalue weighted by Gasteiger charge is -2.31. The molecule has 3 aliphatic carbocycles. The summed E-state index contributed by atoms with van der Waals surface area (Å²) in [6, 6.07) is 77.7. The molecular weight excluding hydrogens is 821 g/mol. The standard InChI is InChI=1S/C66H50N2/c1-2-13-47(14-3-1)48-29-39-59(40-30-48)68(66-26-12-20-53-17-6-9-23-65(53)66)60-41-31-50(32-42-60)49-27-37-56(38-28-49)67(57-43-33-54(34-44-57)63-24-10-18-51-15-4-7-21-61(51)63)58-45-35-55(36-46-58)64-25-11-19-52-16-5-8-22-62(52)64/h1-27,29-37,39-46,61,63H,28,38H2. The Balaban J connectivity index is 0.874. The molecule has 2 nitrogen and oxygen atoms in total. The third-order valence-corrected chi connectivity index (χ3v) is 14.0. The summed E-state index contributed by atoms with van der Waals surface area (Å²) in [5.41, 5.74) is 17.2. The summed E-state index contributed by atoms with van der Waals surface area (Å²) in [6.45, 7) is 0. The van der Waals surface area contributed by atoms with E-state index in [2.05, 4.69) is 277 Å². The van der Waals surface area contributed by atoms with Gasteiger partial charge in [-0.25, -0.2) is 0 Å². The molecule has 0 spiro atoms. The average molecular weight is 871 g/mol. The van der Waals surface area contributed by atoms with Crippen molar-refractivity contribution in [1.29, 1.82) is 0 Å². The second kappa shape index (κ2) is 18.1. The minimum Gasteiger partial charge on any atom is -0.314 e. The van der Waals surface area contributed by atoms with E-state index in [1.54, 1.807) is 0 Å². The highest BCUT2D eigenvalue weighted by Gasteiger charge is 2.26. The molecule has 2 heteroatoms. The van der Waals surface area contributed by atoms with Gasteiger partial charge in [-0.3, -0.25) is 0 Å². The smallest absolute Gasteiger partial charge is 0.0540 e. The van der Waals surface area contributed by atoms with E-state index in [0.717, 1.165) is 35.6 Å². The highest BCUT2D eigenvalue weighted by atomic mass is 15.2. The lowest BCUT2D eigenvalue weighted by atomic mass is 9.76. The minimum absolute atomic E-state index is 0.309. The molecule has 0 bridgehead atoms. The Hall–Kier alpha value is -8.46. The van der Waals surface area contributed by atoms with Crippen LogP contribution in [0.15, 0.2) is 278 Å². The predicted molar refractivity (Wildman–Crippen MR) is 289 cm³/mol. The second-order valence-electron chi connectivity index (χ2n) is 18.0. The normalized spacial score (nSPS) is 16.2. The maximum absolute atomic E-state index is 2.46. The number of allylic oxidation sites excluding steroid dienone is 12. The first-order chi connectivity index (χ1) is 33.7. The van der Waals surface area contributed by atoms with Crippen LogP contribution in [0.4, 0.5) is 28.4 Å².